The number of carbonyl (C=O) groups excluding carboxylic acids is 3. The third kappa shape index (κ3) is 2.89. The molecule has 1 N–H and O–H groups in total. The number of hydrogen-bond acceptors (Lipinski definition) is 5. The van der Waals surface area contributed by atoms with Crippen molar-refractivity contribution in [2.24, 2.45) is 0 Å². The molecule has 1 aromatic rings. The third-order valence-corrected chi connectivity index (χ3v) is 3.60. The molecule has 122 valence electrons. The van der Waals surface area contributed by atoms with Crippen molar-refractivity contribution in [3.63, 3.8) is 0 Å². The van der Waals surface area contributed by atoms with Gasteiger partial charge in [0.1, 0.15) is 18.5 Å². The summed E-state index contributed by atoms with van der Waals surface area (Å²) in [6, 6.07) is 4.11. The zero-order valence-electron chi connectivity index (χ0n) is 12.0. The second-order valence-electron chi connectivity index (χ2n) is 5.04. The first-order valence-electron chi connectivity index (χ1n) is 6.99. The molecule has 0 spiro atoms. The molecular weight excluding hydrogens is 309 g/mol. The van der Waals surface area contributed by atoms with Crippen LogP contribution in [0.1, 0.15) is 0 Å². The molecule has 1 atom stereocenters. The maximum absolute atomic E-state index is 14.3. The molecule has 0 aliphatic carbocycles. The summed E-state index contributed by atoms with van der Waals surface area (Å²) < 4.78 is 24.1. The van der Waals surface area contributed by atoms with E-state index in [1.165, 1.54) is 21.9 Å². The Morgan fingerprint density at radius 2 is 2.13 bits per heavy atom. The lowest BCUT2D eigenvalue weighted by Crippen LogP contribution is -2.30. The van der Waals surface area contributed by atoms with Crippen molar-refractivity contribution < 1.29 is 28.2 Å². The Morgan fingerprint density at radius 3 is 2.78 bits per heavy atom. The summed E-state index contributed by atoms with van der Waals surface area (Å²) in [5.74, 6) is -0.636. The van der Waals surface area contributed by atoms with Crippen molar-refractivity contribution in [1.29, 1.82) is 0 Å². The molecule has 2 heterocycles. The number of hydrogen-bond donors (Lipinski definition) is 1. The van der Waals surface area contributed by atoms with Gasteiger partial charge in [-0.15, -0.1) is 0 Å². The molecule has 2 fully saturated rings. The Bertz CT molecular complexity index is 653. The normalized spacial score (nSPS) is 20.5. The summed E-state index contributed by atoms with van der Waals surface area (Å²) in [7, 11) is 0. The average molecular weight is 323 g/mol. The monoisotopic (exact) mass is 323 g/mol. The van der Waals surface area contributed by atoms with E-state index in [0.717, 1.165) is 6.07 Å². The summed E-state index contributed by atoms with van der Waals surface area (Å²) in [5, 5.41) is 2.43. The van der Waals surface area contributed by atoms with E-state index in [1.54, 1.807) is 0 Å². The van der Waals surface area contributed by atoms with Gasteiger partial charge in [-0.3, -0.25) is 14.6 Å². The highest BCUT2D eigenvalue weighted by Crippen LogP contribution is 2.29. The van der Waals surface area contributed by atoms with Gasteiger partial charge in [-0.05, 0) is 18.2 Å². The van der Waals surface area contributed by atoms with E-state index >= 15 is 0 Å². The molecule has 23 heavy (non-hydrogen) atoms. The Kier molecular flexibility index (Phi) is 4.00. The van der Waals surface area contributed by atoms with Crippen LogP contribution in [0.25, 0.3) is 0 Å². The van der Waals surface area contributed by atoms with E-state index < -0.39 is 24.1 Å². The Labute approximate surface area is 130 Å². The van der Waals surface area contributed by atoms with Gasteiger partial charge in [0, 0.05) is 0 Å². The number of rotatable bonds is 5. The molecule has 8 nitrogen and oxygen atoms in total. The number of halogens is 1. The zero-order valence-corrected chi connectivity index (χ0v) is 12.0. The largest absolute Gasteiger partial charge is 0.447 e. The van der Waals surface area contributed by atoms with Crippen LogP contribution in [-0.2, 0) is 14.3 Å². The van der Waals surface area contributed by atoms with Crippen molar-refractivity contribution >= 4 is 30.0 Å². The van der Waals surface area contributed by atoms with Crippen LogP contribution in [0.3, 0.4) is 0 Å². The molecule has 0 unspecified atom stereocenters. The van der Waals surface area contributed by atoms with Crippen LogP contribution in [0.4, 0.5) is 25.4 Å². The maximum atomic E-state index is 14.3. The predicted molar refractivity (Wildman–Crippen MR) is 76.8 cm³/mol. The highest BCUT2D eigenvalue weighted by Gasteiger charge is 2.33. The molecule has 0 bridgehead atoms. The second-order valence-corrected chi connectivity index (χ2v) is 5.04. The van der Waals surface area contributed by atoms with Crippen molar-refractivity contribution in [2.75, 3.05) is 36.0 Å². The minimum Gasteiger partial charge on any atom is -0.447 e. The van der Waals surface area contributed by atoms with Gasteiger partial charge >= 0.3 is 12.2 Å². The molecule has 0 radical (unpaired) electrons. The summed E-state index contributed by atoms with van der Waals surface area (Å²) in [6.07, 6.45) is -1.20. The van der Waals surface area contributed by atoms with Crippen LogP contribution in [-0.4, -0.2) is 50.9 Å². The minimum absolute atomic E-state index is 0.1000. The van der Waals surface area contributed by atoms with Gasteiger partial charge in [0.2, 0.25) is 6.41 Å². The first-order valence-corrected chi connectivity index (χ1v) is 6.99. The van der Waals surface area contributed by atoms with Gasteiger partial charge in [0.25, 0.3) is 0 Å². The number of ether oxygens (including phenoxy) is 2. The first kappa shape index (κ1) is 15.1. The van der Waals surface area contributed by atoms with Crippen LogP contribution < -0.4 is 15.1 Å². The first-order chi connectivity index (χ1) is 11.1. The van der Waals surface area contributed by atoms with E-state index in [9.17, 15) is 18.8 Å². The SMILES string of the molecule is O=CNC[C@@H]1CN(c2ccc(N3CCOC3=O)c(F)c2)C(=O)O1. The topological polar surface area (TPSA) is 88.2 Å². The number of nitrogens with one attached hydrogen (secondary N) is 1. The standard InChI is InChI=1S/C14H14FN3O5/c15-11-5-9(1-2-12(11)17-3-4-22-13(17)20)18-7-10(6-16-8-19)23-14(18)21/h1-2,5,8,10H,3-4,6-7H2,(H,16,19)/t10-/m1/s1. The Balaban J connectivity index is 1.76. The number of anilines is 2. The van der Waals surface area contributed by atoms with Gasteiger partial charge < -0.3 is 14.8 Å². The van der Waals surface area contributed by atoms with E-state index in [-0.39, 0.29) is 31.9 Å². The quantitative estimate of drug-likeness (QED) is 0.812. The number of cyclic esters (lactones) is 2. The zero-order chi connectivity index (χ0) is 16.4. The van der Waals surface area contributed by atoms with E-state index in [2.05, 4.69) is 5.32 Å². The van der Waals surface area contributed by atoms with Crippen molar-refractivity contribution in [3.05, 3.63) is 24.0 Å². The van der Waals surface area contributed by atoms with Crippen LogP contribution >= 0.6 is 0 Å². The fourth-order valence-electron chi connectivity index (χ4n) is 2.51. The molecule has 2 saturated heterocycles. The molecule has 9 heteroatoms. The van der Waals surface area contributed by atoms with Gasteiger partial charge in [0.05, 0.1) is 31.0 Å². The van der Waals surface area contributed by atoms with E-state index in [4.69, 9.17) is 9.47 Å². The molecule has 3 rings (SSSR count). The number of carbonyl (C=O) groups is 3. The lowest BCUT2D eigenvalue weighted by atomic mass is 10.2. The van der Waals surface area contributed by atoms with Crippen LogP contribution in [0, 0.1) is 5.82 Å². The molecule has 3 amide bonds. The third-order valence-electron chi connectivity index (χ3n) is 3.60. The van der Waals surface area contributed by atoms with Crippen molar-refractivity contribution in [2.45, 2.75) is 6.10 Å². The molecule has 0 saturated carbocycles. The summed E-state index contributed by atoms with van der Waals surface area (Å²) >= 11 is 0. The number of benzene rings is 1. The van der Waals surface area contributed by atoms with E-state index in [1.807, 2.05) is 0 Å². The lowest BCUT2D eigenvalue weighted by Gasteiger charge is -2.17. The molecular formula is C14H14FN3O5. The van der Waals surface area contributed by atoms with Crippen LogP contribution in [0.2, 0.25) is 0 Å². The molecule has 2 aliphatic heterocycles. The summed E-state index contributed by atoms with van der Waals surface area (Å²) in [5.41, 5.74) is 0.417. The Morgan fingerprint density at radius 1 is 1.30 bits per heavy atom. The molecule has 1 aromatic carbocycles. The predicted octanol–water partition coefficient (Wildman–Crippen LogP) is 0.853. The molecule has 0 aromatic heterocycles. The van der Waals surface area contributed by atoms with Gasteiger partial charge in [-0.25, -0.2) is 14.0 Å². The van der Waals surface area contributed by atoms with E-state index in [0.29, 0.717) is 12.1 Å². The van der Waals surface area contributed by atoms with Gasteiger partial charge in [0.15, 0.2) is 0 Å². The van der Waals surface area contributed by atoms with Crippen LogP contribution in [0.15, 0.2) is 18.2 Å². The minimum atomic E-state index is -0.636. The summed E-state index contributed by atoms with van der Waals surface area (Å²) in [4.78, 5) is 36.0. The highest BCUT2D eigenvalue weighted by atomic mass is 19.1. The average Bonchev–Trinajstić information content (AvgIpc) is 3.11. The maximum Gasteiger partial charge on any atom is 0.414 e. The highest BCUT2D eigenvalue weighted by molar-refractivity contribution is 5.92. The van der Waals surface area contributed by atoms with Crippen molar-refractivity contribution in [3.8, 4) is 0 Å². The number of nitrogens with zero attached hydrogens (tertiary/aromatic N) is 2. The second kappa shape index (κ2) is 6.11. The Hall–Kier alpha value is -2.84. The van der Waals surface area contributed by atoms with Crippen molar-refractivity contribution in [1.82, 2.24) is 5.32 Å². The molecule has 2 aliphatic rings. The van der Waals surface area contributed by atoms with Gasteiger partial charge in [-0.1, -0.05) is 0 Å². The fourth-order valence-corrected chi connectivity index (χ4v) is 2.51. The summed E-state index contributed by atoms with van der Waals surface area (Å²) in [6.45, 7) is 0.875. The fraction of sp³-hybridized carbons (Fsp3) is 0.357. The van der Waals surface area contributed by atoms with Gasteiger partial charge in [-0.2, -0.15) is 0 Å². The van der Waals surface area contributed by atoms with Crippen LogP contribution in [0.5, 0.6) is 0 Å². The smallest absolute Gasteiger partial charge is 0.414 e. The number of amides is 3. The lowest BCUT2D eigenvalue weighted by molar-refractivity contribution is -0.109.